The lowest BCUT2D eigenvalue weighted by Crippen LogP contribution is -1.99. The highest BCUT2D eigenvalue weighted by Gasteiger charge is 2.16. The summed E-state index contributed by atoms with van der Waals surface area (Å²) in [5, 5.41) is 12.1. The van der Waals surface area contributed by atoms with Gasteiger partial charge in [0.2, 0.25) is 0 Å². The summed E-state index contributed by atoms with van der Waals surface area (Å²) < 4.78 is 0. The molecule has 0 unspecified atom stereocenters. The zero-order valence-electron chi connectivity index (χ0n) is 9.33. The van der Waals surface area contributed by atoms with Gasteiger partial charge in [0.05, 0.1) is 18.0 Å². The third-order valence-electron chi connectivity index (χ3n) is 3.46. The predicted molar refractivity (Wildman–Crippen MR) is 73.6 cm³/mol. The number of hydrogen-bond acceptors (Lipinski definition) is 2. The molecule has 0 atom stereocenters. The van der Waals surface area contributed by atoms with Crippen molar-refractivity contribution in [3.63, 3.8) is 0 Å². The lowest BCUT2D eigenvalue weighted by atomic mass is 9.99. The van der Waals surface area contributed by atoms with E-state index >= 15 is 0 Å². The zero-order valence-corrected chi connectivity index (χ0v) is 9.33. The number of hydrogen-bond donors (Lipinski definition) is 2. The molecule has 82 valence electrons. The minimum atomic E-state index is 0.813. The molecule has 2 heteroatoms. The van der Waals surface area contributed by atoms with Crippen LogP contribution in [0.25, 0.3) is 21.5 Å². The summed E-state index contributed by atoms with van der Waals surface area (Å²) in [5.41, 5.74) is 2.47. The first-order chi connectivity index (χ1) is 8.45. The van der Waals surface area contributed by atoms with Crippen LogP contribution in [-0.4, -0.2) is 6.67 Å². The SMILES string of the molecule is c1ccc2c(c1)c1c(c3ccccc32)NCN1. The lowest BCUT2D eigenvalue weighted by Gasteiger charge is -2.10. The zero-order chi connectivity index (χ0) is 11.2. The molecule has 2 nitrogen and oxygen atoms in total. The van der Waals surface area contributed by atoms with Gasteiger partial charge in [0.15, 0.2) is 0 Å². The Morgan fingerprint density at radius 3 is 1.47 bits per heavy atom. The third kappa shape index (κ3) is 1.10. The van der Waals surface area contributed by atoms with Crippen molar-refractivity contribution in [2.24, 2.45) is 0 Å². The molecule has 2 N–H and O–H groups in total. The van der Waals surface area contributed by atoms with Crippen LogP contribution in [0.5, 0.6) is 0 Å². The number of benzene rings is 3. The van der Waals surface area contributed by atoms with Crippen molar-refractivity contribution in [3.8, 4) is 0 Å². The molecular weight excluding hydrogens is 208 g/mol. The maximum atomic E-state index is 3.42. The van der Waals surface area contributed by atoms with E-state index in [9.17, 15) is 0 Å². The normalized spacial score (nSPS) is 13.4. The summed E-state index contributed by atoms with van der Waals surface area (Å²) in [6.45, 7) is 0.813. The first-order valence-corrected chi connectivity index (χ1v) is 5.86. The second kappa shape index (κ2) is 3.14. The molecule has 17 heavy (non-hydrogen) atoms. The van der Waals surface area contributed by atoms with Gasteiger partial charge in [-0.2, -0.15) is 0 Å². The van der Waals surface area contributed by atoms with Crippen molar-refractivity contribution in [2.45, 2.75) is 0 Å². The molecule has 0 bridgehead atoms. The topological polar surface area (TPSA) is 24.1 Å². The fraction of sp³-hybridized carbons (Fsp3) is 0.0667. The van der Waals surface area contributed by atoms with Gasteiger partial charge < -0.3 is 10.6 Å². The molecule has 3 aromatic carbocycles. The summed E-state index contributed by atoms with van der Waals surface area (Å²) in [5.74, 6) is 0. The van der Waals surface area contributed by atoms with Crippen LogP contribution in [-0.2, 0) is 0 Å². The van der Waals surface area contributed by atoms with Gasteiger partial charge in [0, 0.05) is 10.8 Å². The molecule has 0 fully saturated rings. The van der Waals surface area contributed by atoms with Crippen molar-refractivity contribution in [1.29, 1.82) is 0 Å². The summed E-state index contributed by atoms with van der Waals surface area (Å²) in [4.78, 5) is 0. The Balaban J connectivity index is 2.34. The van der Waals surface area contributed by atoms with Gasteiger partial charge in [0.25, 0.3) is 0 Å². The highest BCUT2D eigenvalue weighted by Crippen LogP contribution is 2.41. The second-order valence-electron chi connectivity index (χ2n) is 4.37. The molecule has 0 aromatic heterocycles. The average Bonchev–Trinajstić information content (AvgIpc) is 2.89. The average molecular weight is 220 g/mol. The Kier molecular flexibility index (Phi) is 1.64. The van der Waals surface area contributed by atoms with Crippen LogP contribution in [0.15, 0.2) is 48.5 Å². The largest absolute Gasteiger partial charge is 0.366 e. The van der Waals surface area contributed by atoms with E-state index in [0.29, 0.717) is 0 Å². The smallest absolute Gasteiger partial charge is 0.0851 e. The van der Waals surface area contributed by atoms with Crippen molar-refractivity contribution < 1.29 is 0 Å². The quantitative estimate of drug-likeness (QED) is 0.563. The number of fused-ring (bicyclic) bond motifs is 6. The number of anilines is 2. The van der Waals surface area contributed by atoms with Crippen LogP contribution in [0.3, 0.4) is 0 Å². The van der Waals surface area contributed by atoms with Crippen LogP contribution in [0.1, 0.15) is 0 Å². The van der Waals surface area contributed by atoms with Gasteiger partial charge >= 0.3 is 0 Å². The Morgan fingerprint density at radius 2 is 1.00 bits per heavy atom. The van der Waals surface area contributed by atoms with Gasteiger partial charge in [-0.1, -0.05) is 48.5 Å². The molecule has 1 heterocycles. The third-order valence-corrected chi connectivity index (χ3v) is 3.46. The summed E-state index contributed by atoms with van der Waals surface area (Å²) in [7, 11) is 0. The number of nitrogens with one attached hydrogen (secondary N) is 2. The highest BCUT2D eigenvalue weighted by molar-refractivity contribution is 6.20. The maximum Gasteiger partial charge on any atom is 0.0851 e. The van der Waals surface area contributed by atoms with Crippen LogP contribution < -0.4 is 10.6 Å². The Bertz CT molecular complexity index is 669. The van der Waals surface area contributed by atoms with Gasteiger partial charge in [-0.05, 0) is 10.8 Å². The first kappa shape index (κ1) is 8.88. The van der Waals surface area contributed by atoms with E-state index in [-0.39, 0.29) is 0 Å². The van der Waals surface area contributed by atoms with Gasteiger partial charge in [-0.15, -0.1) is 0 Å². The van der Waals surface area contributed by atoms with Crippen LogP contribution >= 0.6 is 0 Å². The minimum Gasteiger partial charge on any atom is -0.366 e. The Labute approximate surface area is 99.3 Å². The summed E-state index contributed by atoms with van der Waals surface area (Å²) in [6, 6.07) is 17.1. The number of rotatable bonds is 0. The van der Waals surface area contributed by atoms with E-state index in [1.807, 2.05) is 0 Å². The highest BCUT2D eigenvalue weighted by atomic mass is 15.1. The lowest BCUT2D eigenvalue weighted by molar-refractivity contribution is 1.31. The molecule has 4 rings (SSSR count). The molecule has 0 saturated carbocycles. The van der Waals surface area contributed by atoms with Gasteiger partial charge in [0.1, 0.15) is 0 Å². The molecule has 0 radical (unpaired) electrons. The predicted octanol–water partition coefficient (Wildman–Crippen LogP) is 3.79. The van der Waals surface area contributed by atoms with E-state index < -0.39 is 0 Å². The van der Waals surface area contributed by atoms with E-state index in [1.165, 1.54) is 32.9 Å². The Morgan fingerprint density at radius 1 is 0.588 bits per heavy atom. The van der Waals surface area contributed by atoms with Gasteiger partial charge in [-0.3, -0.25) is 0 Å². The van der Waals surface area contributed by atoms with E-state index in [2.05, 4.69) is 59.2 Å². The first-order valence-electron chi connectivity index (χ1n) is 5.86. The molecule has 0 spiro atoms. The molecule has 1 aliphatic rings. The van der Waals surface area contributed by atoms with Crippen molar-refractivity contribution in [1.82, 2.24) is 0 Å². The molecule has 0 aliphatic carbocycles. The Hall–Kier alpha value is -2.22. The second-order valence-corrected chi connectivity index (χ2v) is 4.37. The van der Waals surface area contributed by atoms with Crippen LogP contribution in [0.2, 0.25) is 0 Å². The van der Waals surface area contributed by atoms with Crippen molar-refractivity contribution in [3.05, 3.63) is 48.5 Å². The molecular formula is C15H12N2. The van der Waals surface area contributed by atoms with Crippen molar-refractivity contribution >= 4 is 32.9 Å². The van der Waals surface area contributed by atoms with Gasteiger partial charge in [-0.25, -0.2) is 0 Å². The molecule has 0 amide bonds. The summed E-state index contributed by atoms with van der Waals surface area (Å²) in [6.07, 6.45) is 0. The fourth-order valence-corrected chi connectivity index (χ4v) is 2.73. The summed E-state index contributed by atoms with van der Waals surface area (Å²) >= 11 is 0. The molecule has 1 aliphatic heterocycles. The van der Waals surface area contributed by atoms with Crippen molar-refractivity contribution in [2.75, 3.05) is 17.3 Å². The monoisotopic (exact) mass is 220 g/mol. The van der Waals surface area contributed by atoms with E-state index in [0.717, 1.165) is 6.67 Å². The van der Waals surface area contributed by atoms with E-state index in [4.69, 9.17) is 0 Å². The van der Waals surface area contributed by atoms with E-state index in [1.54, 1.807) is 0 Å². The van der Waals surface area contributed by atoms with Crippen LogP contribution in [0, 0.1) is 0 Å². The fourth-order valence-electron chi connectivity index (χ4n) is 2.73. The minimum absolute atomic E-state index is 0.813. The van der Waals surface area contributed by atoms with Crippen LogP contribution in [0.4, 0.5) is 11.4 Å². The maximum absolute atomic E-state index is 3.42. The standard InChI is InChI=1S/C15H12N2/c1-3-7-12-10(5-1)11-6-2-4-8-13(11)15-14(12)16-9-17-15/h1-8,16-17H,9H2. The molecule has 0 saturated heterocycles. The molecule has 3 aromatic rings.